The zero-order valence-electron chi connectivity index (χ0n) is 57.8. The summed E-state index contributed by atoms with van der Waals surface area (Å²) in [7, 11) is 20.3. The predicted octanol–water partition coefficient (Wildman–Crippen LogP) is 11.7. The van der Waals surface area contributed by atoms with Crippen molar-refractivity contribution in [2.45, 2.75) is 324 Å². The second-order valence-electron chi connectivity index (χ2n) is 33.9. The van der Waals surface area contributed by atoms with Crippen LogP contribution in [0.4, 0.5) is 0 Å². The standard InChI is InChI=1S/C9H17N.C8H16N2.6C8H15N.C7H13NO/c1-7-8-3-5-9(6-4-8)10(7)2;1-6-8-4-3-7(9-8)5-10(6)2;1-6-8-3-7(4-8)5-9(6)2;1-6-3-7-4-8(5-7)9(6)2;1-8-5-7(6-8)3-4-9(8)2;1-8-4-3-7(5-8)6-9(8)2;1-6-7-3-4-8(5-7)9(6)2;1-8-5-3-4-7(6-8)9(8)2;1-5-7-3-6(9-7)4-8(5)2/h7-9H,3-6H2,1-2H3;6-9H,3-5H2,1-2H3;2*6-8H,3-5H2,1-2H3;2*7H,3-6H2,1-2H3;6-8H,3-5H2,1-2H3;7H,3-6H2,1-2H3;5-7H,3-4H2,1-2H3/t;6?,7-,8+;;;;7-,8+;6?,7-,8+;7-,8?;5?,6-,7+/m.1...0101/s1. The summed E-state index contributed by atoms with van der Waals surface area (Å²) in [6.45, 7) is 27.6. The van der Waals surface area contributed by atoms with Crippen LogP contribution >= 0.6 is 0 Å². The molecule has 11 heteroatoms. The van der Waals surface area contributed by atoms with Gasteiger partial charge < -0.3 is 44.4 Å². The van der Waals surface area contributed by atoms with Crippen molar-refractivity contribution in [3.8, 4) is 0 Å². The van der Waals surface area contributed by atoms with Crippen molar-refractivity contribution >= 4 is 0 Å². The van der Waals surface area contributed by atoms with E-state index in [1.54, 1.807) is 0 Å². The van der Waals surface area contributed by atoms with E-state index in [-0.39, 0.29) is 0 Å². The smallest absolute Gasteiger partial charge is 0.0757 e. The maximum absolute atomic E-state index is 5.52. The van der Waals surface area contributed by atoms with Gasteiger partial charge in [0.25, 0.3) is 0 Å². The number of likely N-dealkylation sites (N-methyl/N-ethyl adjacent to an activating group) is 2. The van der Waals surface area contributed by atoms with E-state index in [2.05, 4.69) is 175 Å². The number of nitrogens with one attached hydrogen (secondary N) is 1. The molecule has 480 valence electrons. The molecule has 18 bridgehead atoms. The van der Waals surface area contributed by atoms with Crippen molar-refractivity contribution < 1.29 is 4.74 Å². The van der Waals surface area contributed by atoms with Crippen LogP contribution in [0.5, 0.6) is 0 Å². The van der Waals surface area contributed by atoms with Gasteiger partial charge in [0.15, 0.2) is 0 Å². The lowest BCUT2D eigenvalue weighted by atomic mass is 9.64. The molecule has 16 atom stereocenters. The number of hydrogen-bond acceptors (Lipinski definition) is 11. The number of piperidine rings is 12. The van der Waals surface area contributed by atoms with Crippen LogP contribution < -0.4 is 5.32 Å². The molecule has 0 amide bonds. The average molecular weight is 1160 g/mol. The fourth-order valence-electron chi connectivity index (χ4n) is 20.7. The van der Waals surface area contributed by atoms with E-state index in [0.717, 1.165) is 114 Å². The van der Waals surface area contributed by atoms with Crippen molar-refractivity contribution in [3.63, 3.8) is 0 Å². The minimum absolute atomic E-state index is 0.550. The summed E-state index contributed by atoms with van der Waals surface area (Å²) in [4.78, 5) is 22.6. The van der Waals surface area contributed by atoms with Crippen molar-refractivity contribution in [2.24, 2.45) is 41.4 Å². The zero-order chi connectivity index (χ0) is 59.4. The zero-order valence-corrected chi connectivity index (χ0v) is 57.8. The highest BCUT2D eigenvalue weighted by Gasteiger charge is 2.50. The highest BCUT2D eigenvalue weighted by Crippen LogP contribution is 2.49. The van der Waals surface area contributed by atoms with E-state index >= 15 is 0 Å². The van der Waals surface area contributed by atoms with E-state index in [1.807, 2.05) is 0 Å². The molecule has 11 nitrogen and oxygen atoms in total. The first kappa shape index (κ1) is 65.5. The number of piperazine rings is 1. The van der Waals surface area contributed by atoms with Crippen LogP contribution in [0.1, 0.15) is 223 Å². The quantitative estimate of drug-likeness (QED) is 0.252. The van der Waals surface area contributed by atoms with E-state index in [9.17, 15) is 0 Å². The third-order valence-electron chi connectivity index (χ3n) is 28.8. The summed E-state index contributed by atoms with van der Waals surface area (Å²) in [6, 6.07) is 10.2. The summed E-state index contributed by atoms with van der Waals surface area (Å²) in [6.07, 6.45) is 37.6. The van der Waals surface area contributed by atoms with Gasteiger partial charge in [-0.05, 0) is 321 Å². The van der Waals surface area contributed by atoms with Crippen molar-refractivity contribution in [1.82, 2.24) is 49.4 Å². The molecule has 0 aromatic heterocycles. The van der Waals surface area contributed by atoms with Crippen LogP contribution in [0.2, 0.25) is 0 Å². The number of rotatable bonds is 0. The van der Waals surface area contributed by atoms with Crippen LogP contribution in [0.25, 0.3) is 0 Å². The summed E-state index contributed by atoms with van der Waals surface area (Å²) in [5.41, 5.74) is 1.83. The Hall–Kier alpha value is -0.440. The Morgan fingerprint density at radius 1 is 0.398 bits per heavy atom. The third kappa shape index (κ3) is 14.7. The minimum Gasteiger partial charge on any atom is -0.372 e. The molecule has 0 aromatic rings. The number of nitrogens with zero attached hydrogens (tertiary/aromatic N) is 9. The first-order valence-electron chi connectivity index (χ1n) is 36.1. The molecule has 7 unspecified atom stereocenters. The molecule has 24 fully saturated rings. The van der Waals surface area contributed by atoms with Gasteiger partial charge in [-0.15, -0.1) is 0 Å². The predicted molar refractivity (Wildman–Crippen MR) is 351 cm³/mol. The lowest BCUT2D eigenvalue weighted by Crippen LogP contribution is -2.64. The van der Waals surface area contributed by atoms with Gasteiger partial charge in [0.2, 0.25) is 0 Å². The van der Waals surface area contributed by atoms with Crippen molar-refractivity contribution in [3.05, 3.63) is 0 Å². The molecule has 7 saturated carbocycles. The summed E-state index contributed by atoms with van der Waals surface area (Å²) in [5.74, 6) is 7.41. The molecule has 7 aliphatic carbocycles. The van der Waals surface area contributed by atoms with Crippen LogP contribution in [0.3, 0.4) is 0 Å². The first-order valence-corrected chi connectivity index (χ1v) is 36.1. The second kappa shape index (κ2) is 27.2. The van der Waals surface area contributed by atoms with Crippen molar-refractivity contribution in [2.75, 3.05) is 96.2 Å². The molecular weight excluding hydrogens is 1020 g/mol. The molecular formula is C72H136N10O. The molecule has 0 aromatic carbocycles. The van der Waals surface area contributed by atoms with Gasteiger partial charge in [0.05, 0.1) is 12.2 Å². The van der Waals surface area contributed by atoms with Crippen LogP contribution in [-0.2, 0) is 4.74 Å². The number of hydrogen-bond donors (Lipinski definition) is 1. The molecule has 24 rings (SSSR count). The lowest BCUT2D eigenvalue weighted by Gasteiger charge is -2.59. The Labute approximate surface area is 513 Å². The molecule has 24 aliphatic rings. The molecule has 17 heterocycles. The number of ether oxygens (including phenoxy) is 1. The van der Waals surface area contributed by atoms with Crippen LogP contribution in [0.15, 0.2) is 0 Å². The number of morpholine rings is 1. The fourth-order valence-corrected chi connectivity index (χ4v) is 20.7. The van der Waals surface area contributed by atoms with E-state index < -0.39 is 0 Å². The third-order valence-corrected chi connectivity index (χ3v) is 28.8. The molecule has 17 saturated heterocycles. The van der Waals surface area contributed by atoms with Gasteiger partial charge in [0.1, 0.15) is 0 Å². The summed E-state index contributed by atoms with van der Waals surface area (Å²) >= 11 is 0. The molecule has 1 N–H and O–H groups in total. The lowest BCUT2D eigenvalue weighted by molar-refractivity contribution is -0.200. The van der Waals surface area contributed by atoms with Gasteiger partial charge in [-0.25, -0.2) is 0 Å². The highest BCUT2D eigenvalue weighted by atomic mass is 16.5. The maximum atomic E-state index is 5.52. The Balaban J connectivity index is 0.000000104. The Morgan fingerprint density at radius 3 is 1.40 bits per heavy atom. The normalized spacial score (nSPS) is 50.0. The molecule has 0 spiro atoms. The maximum Gasteiger partial charge on any atom is 0.0757 e. The largest absolute Gasteiger partial charge is 0.372 e. The minimum atomic E-state index is 0.550. The summed E-state index contributed by atoms with van der Waals surface area (Å²) in [5, 5.41) is 3.63. The monoisotopic (exact) mass is 1160 g/mol. The first-order chi connectivity index (χ1) is 39.3. The second-order valence-corrected chi connectivity index (χ2v) is 33.9. The Morgan fingerprint density at radius 2 is 1.02 bits per heavy atom. The summed E-state index contributed by atoms with van der Waals surface area (Å²) < 4.78 is 5.52. The van der Waals surface area contributed by atoms with Crippen molar-refractivity contribution in [1.29, 1.82) is 0 Å². The van der Waals surface area contributed by atoms with Gasteiger partial charge in [-0.3, -0.25) is 9.80 Å². The number of fused-ring (bicyclic) bond motifs is 19. The number of likely N-dealkylation sites (tertiary alicyclic amines) is 3. The van der Waals surface area contributed by atoms with E-state index in [4.69, 9.17) is 4.74 Å². The molecule has 0 radical (unpaired) electrons. The Kier molecular flexibility index (Phi) is 21.5. The highest BCUT2D eigenvalue weighted by molar-refractivity contribution is 5.06. The van der Waals surface area contributed by atoms with Crippen LogP contribution in [-0.4, -0.2) is 242 Å². The topological polar surface area (TPSA) is 50.4 Å². The SMILES string of the molecule is CC1C2CC(C2)CN1C.CC1C2CCC(CC2)N1C.CC1CC2CC(C2)N1C.CC1[C@@H]2CC[C@@H](C2)N1C.CC1[C@@H]2CC[C@H](CN1C)N2.CC1[C@@H]2C[C@H](CN1C)O2.CN1CCC2CC1(C)C2.CN1C[C@H]2CC[C@]1(C)C2.CN1[C@H]2CCCC1(C)C2. The van der Waals surface area contributed by atoms with E-state index in [0.29, 0.717) is 34.9 Å². The van der Waals surface area contributed by atoms with E-state index in [1.165, 1.54) is 187 Å². The van der Waals surface area contributed by atoms with Crippen LogP contribution in [0, 0.1) is 41.4 Å². The Bertz CT molecular complexity index is 1850. The van der Waals surface area contributed by atoms with Gasteiger partial charge in [-0.1, -0.05) is 6.42 Å². The molecule has 17 aliphatic heterocycles. The van der Waals surface area contributed by atoms with Gasteiger partial charge in [0, 0.05) is 122 Å². The van der Waals surface area contributed by atoms with Gasteiger partial charge in [-0.2, -0.15) is 0 Å². The van der Waals surface area contributed by atoms with Gasteiger partial charge >= 0.3 is 0 Å². The molecule has 83 heavy (non-hydrogen) atoms. The average Bonchev–Trinajstić information content (AvgIpc) is 4.43. The fraction of sp³-hybridized carbons (Fsp3) is 1.00.